The summed E-state index contributed by atoms with van der Waals surface area (Å²) in [6, 6.07) is 6.09. The number of alkyl halides is 3. The lowest BCUT2D eigenvalue weighted by Crippen LogP contribution is -2.15. The van der Waals surface area contributed by atoms with E-state index in [0.29, 0.717) is 5.02 Å². The van der Waals surface area contributed by atoms with Gasteiger partial charge in [-0.05, 0) is 18.2 Å². The van der Waals surface area contributed by atoms with E-state index < -0.39 is 11.9 Å². The number of hydrogen-bond acceptors (Lipinski definition) is 2. The highest BCUT2D eigenvalue weighted by molar-refractivity contribution is 7.79. The zero-order valence-electron chi connectivity index (χ0n) is 8.95. The lowest BCUT2D eigenvalue weighted by Gasteiger charge is -2.12. The quantitative estimate of drug-likeness (QED) is 0.829. The van der Waals surface area contributed by atoms with E-state index in [9.17, 15) is 13.2 Å². The molecule has 0 spiro atoms. The lowest BCUT2D eigenvalue weighted by molar-refractivity contribution is -0.143. The second-order valence-corrected chi connectivity index (χ2v) is 4.32. The summed E-state index contributed by atoms with van der Waals surface area (Å²) >= 11 is 9.64. The first kappa shape index (κ1) is 13.3. The van der Waals surface area contributed by atoms with Crippen LogP contribution in [0.4, 0.5) is 13.2 Å². The highest BCUT2D eigenvalue weighted by atomic mass is 35.5. The molecule has 1 aromatic heterocycles. The van der Waals surface area contributed by atoms with Gasteiger partial charge < -0.3 is 0 Å². The van der Waals surface area contributed by atoms with Crippen molar-refractivity contribution < 1.29 is 13.2 Å². The Balaban J connectivity index is 2.62. The van der Waals surface area contributed by atoms with E-state index in [0.717, 1.165) is 10.9 Å². The standard InChI is InChI=1S/C11H8ClF3N2S/c12-8-2-1-3-9(4-8)17-10(11(13,14)15)7(6-18)5-16-17/h1-5,18H,6H2. The Bertz CT molecular complexity index is 566. The van der Waals surface area contributed by atoms with E-state index in [4.69, 9.17) is 11.6 Å². The van der Waals surface area contributed by atoms with Crippen LogP contribution in [0.25, 0.3) is 5.69 Å². The van der Waals surface area contributed by atoms with E-state index in [-0.39, 0.29) is 17.0 Å². The van der Waals surface area contributed by atoms with Crippen LogP contribution in [0.1, 0.15) is 11.3 Å². The minimum absolute atomic E-state index is 0.0323. The Hall–Kier alpha value is -1.14. The number of aromatic nitrogens is 2. The number of hydrogen-bond donors (Lipinski definition) is 1. The molecule has 0 saturated heterocycles. The Kier molecular flexibility index (Phi) is 3.59. The van der Waals surface area contributed by atoms with E-state index >= 15 is 0 Å². The molecule has 0 aliphatic heterocycles. The van der Waals surface area contributed by atoms with Gasteiger partial charge in [-0.1, -0.05) is 17.7 Å². The van der Waals surface area contributed by atoms with Crippen LogP contribution in [-0.2, 0) is 11.9 Å². The normalized spacial score (nSPS) is 11.8. The molecule has 0 unspecified atom stereocenters. The number of halogens is 4. The molecule has 0 saturated carbocycles. The molecule has 1 aromatic carbocycles. The van der Waals surface area contributed by atoms with Crippen LogP contribution in [0.3, 0.4) is 0 Å². The fourth-order valence-electron chi connectivity index (χ4n) is 1.60. The molecule has 0 amide bonds. The molecule has 1 heterocycles. The zero-order valence-corrected chi connectivity index (χ0v) is 10.6. The molecule has 0 radical (unpaired) electrons. The fourth-order valence-corrected chi connectivity index (χ4v) is 2.02. The van der Waals surface area contributed by atoms with Gasteiger partial charge in [-0.25, -0.2) is 4.68 Å². The molecule has 0 bridgehead atoms. The largest absolute Gasteiger partial charge is 0.433 e. The molecule has 0 N–H and O–H groups in total. The van der Waals surface area contributed by atoms with Crippen molar-refractivity contribution in [3.05, 3.63) is 46.7 Å². The Labute approximate surface area is 112 Å². The molecule has 0 aliphatic carbocycles. The topological polar surface area (TPSA) is 17.8 Å². The predicted octanol–water partition coefficient (Wildman–Crippen LogP) is 3.97. The van der Waals surface area contributed by atoms with Crippen LogP contribution in [0, 0.1) is 0 Å². The van der Waals surface area contributed by atoms with E-state index in [2.05, 4.69) is 17.7 Å². The summed E-state index contributed by atoms with van der Waals surface area (Å²) in [4.78, 5) is 0. The van der Waals surface area contributed by atoms with Gasteiger partial charge in [0.2, 0.25) is 0 Å². The lowest BCUT2D eigenvalue weighted by atomic mass is 10.2. The Morgan fingerprint density at radius 3 is 2.61 bits per heavy atom. The van der Waals surface area contributed by atoms with Gasteiger partial charge in [0.15, 0.2) is 5.69 Å². The summed E-state index contributed by atoms with van der Waals surface area (Å²) < 4.78 is 39.8. The number of rotatable bonds is 2. The Morgan fingerprint density at radius 1 is 1.33 bits per heavy atom. The first-order valence-electron chi connectivity index (χ1n) is 4.94. The zero-order chi connectivity index (χ0) is 13.3. The molecule has 0 fully saturated rings. The maximum absolute atomic E-state index is 13.0. The minimum atomic E-state index is -4.49. The number of thiol groups is 1. The van der Waals surface area contributed by atoms with Crippen molar-refractivity contribution in [1.29, 1.82) is 0 Å². The van der Waals surface area contributed by atoms with Crippen LogP contribution in [-0.4, -0.2) is 9.78 Å². The summed E-state index contributed by atoms with van der Waals surface area (Å²) in [6.07, 6.45) is -3.33. The van der Waals surface area contributed by atoms with Crippen molar-refractivity contribution in [3.8, 4) is 5.69 Å². The van der Waals surface area contributed by atoms with Gasteiger partial charge in [0.25, 0.3) is 0 Å². The Morgan fingerprint density at radius 2 is 2.06 bits per heavy atom. The van der Waals surface area contributed by atoms with E-state index in [1.165, 1.54) is 12.1 Å². The van der Waals surface area contributed by atoms with Crippen molar-refractivity contribution in [2.75, 3.05) is 0 Å². The molecule has 2 rings (SSSR count). The molecule has 7 heteroatoms. The van der Waals surface area contributed by atoms with E-state index in [1.807, 2.05) is 0 Å². The van der Waals surface area contributed by atoms with Crippen molar-refractivity contribution in [2.45, 2.75) is 11.9 Å². The van der Waals surface area contributed by atoms with Crippen LogP contribution >= 0.6 is 24.2 Å². The maximum Gasteiger partial charge on any atom is 0.433 e. The second kappa shape index (κ2) is 4.85. The van der Waals surface area contributed by atoms with Crippen molar-refractivity contribution in [3.63, 3.8) is 0 Å². The molecule has 18 heavy (non-hydrogen) atoms. The molecular weight excluding hydrogens is 285 g/mol. The molecule has 2 aromatic rings. The average molecular weight is 293 g/mol. The molecule has 96 valence electrons. The summed E-state index contributed by atoms with van der Waals surface area (Å²) in [5.41, 5.74) is -0.520. The first-order chi connectivity index (χ1) is 8.43. The van der Waals surface area contributed by atoms with Crippen molar-refractivity contribution in [1.82, 2.24) is 9.78 Å². The fraction of sp³-hybridized carbons (Fsp3) is 0.182. The average Bonchev–Trinajstić information content (AvgIpc) is 2.72. The smallest absolute Gasteiger partial charge is 0.228 e. The second-order valence-electron chi connectivity index (χ2n) is 3.57. The van der Waals surface area contributed by atoms with Gasteiger partial charge in [0.05, 0.1) is 11.9 Å². The highest BCUT2D eigenvalue weighted by Gasteiger charge is 2.38. The molecular formula is C11H8ClF3N2S. The van der Waals surface area contributed by atoms with Crippen LogP contribution in [0.15, 0.2) is 30.5 Å². The minimum Gasteiger partial charge on any atom is -0.228 e. The van der Waals surface area contributed by atoms with Gasteiger partial charge in [-0.3, -0.25) is 0 Å². The summed E-state index contributed by atoms with van der Waals surface area (Å²) in [6.45, 7) is 0. The van der Waals surface area contributed by atoms with Gasteiger partial charge >= 0.3 is 6.18 Å². The number of nitrogens with zero attached hydrogens (tertiary/aromatic N) is 2. The molecule has 0 aliphatic rings. The summed E-state index contributed by atoms with van der Waals surface area (Å²) in [7, 11) is 0. The van der Waals surface area contributed by atoms with Gasteiger partial charge in [0, 0.05) is 16.3 Å². The van der Waals surface area contributed by atoms with Gasteiger partial charge in [-0.2, -0.15) is 30.9 Å². The molecule has 0 atom stereocenters. The van der Waals surface area contributed by atoms with Gasteiger partial charge in [0.1, 0.15) is 0 Å². The first-order valence-corrected chi connectivity index (χ1v) is 5.95. The highest BCUT2D eigenvalue weighted by Crippen LogP contribution is 2.34. The van der Waals surface area contributed by atoms with Crippen LogP contribution in [0.2, 0.25) is 5.02 Å². The maximum atomic E-state index is 13.0. The van der Waals surface area contributed by atoms with E-state index in [1.54, 1.807) is 12.1 Å². The third-order valence-corrected chi connectivity index (χ3v) is 2.91. The third kappa shape index (κ3) is 2.49. The summed E-state index contributed by atoms with van der Waals surface area (Å²) in [5.74, 6) is -0.0323. The van der Waals surface area contributed by atoms with Crippen molar-refractivity contribution in [2.24, 2.45) is 0 Å². The monoisotopic (exact) mass is 292 g/mol. The predicted molar refractivity (Wildman–Crippen MR) is 66.3 cm³/mol. The van der Waals surface area contributed by atoms with Crippen LogP contribution < -0.4 is 0 Å². The molecule has 2 nitrogen and oxygen atoms in total. The summed E-state index contributed by atoms with van der Waals surface area (Å²) in [5, 5.41) is 4.10. The third-order valence-electron chi connectivity index (χ3n) is 2.34. The van der Waals surface area contributed by atoms with Gasteiger partial charge in [-0.15, -0.1) is 0 Å². The van der Waals surface area contributed by atoms with Crippen molar-refractivity contribution >= 4 is 24.2 Å². The van der Waals surface area contributed by atoms with Crippen LogP contribution in [0.5, 0.6) is 0 Å². The number of benzene rings is 1. The SMILES string of the molecule is FC(F)(F)c1c(CS)cnn1-c1cccc(Cl)c1.